The molecule has 2 aromatic carbocycles. The van der Waals surface area contributed by atoms with Gasteiger partial charge in [0.2, 0.25) is 0 Å². The summed E-state index contributed by atoms with van der Waals surface area (Å²) in [6, 6.07) is 11.6. The predicted octanol–water partition coefficient (Wildman–Crippen LogP) is 3.85. The fourth-order valence-corrected chi connectivity index (χ4v) is 3.01. The summed E-state index contributed by atoms with van der Waals surface area (Å²) in [5, 5.41) is 2.96. The Morgan fingerprint density at radius 2 is 1.80 bits per heavy atom. The maximum atomic E-state index is 12.2. The molecule has 0 aliphatic heterocycles. The van der Waals surface area contributed by atoms with E-state index in [0.717, 1.165) is 0 Å². The zero-order valence-corrected chi connectivity index (χ0v) is 19.5. The van der Waals surface area contributed by atoms with E-state index < -0.39 is 11.8 Å². The standard InChI is InChI=1S/C20H21BrClN3O4S/c1-12(2)10-28-15-6-3-13(4-7-15)19(27)23-20(30)25-24-18(26)11-29-17-8-5-14(22)9-16(17)21/h3-9,12H,10-11H2,1-2H3,(H,24,26)(H2,23,25,27,30). The van der Waals surface area contributed by atoms with Crippen LogP contribution in [0, 0.1) is 5.92 Å². The highest BCUT2D eigenvalue weighted by atomic mass is 79.9. The maximum absolute atomic E-state index is 12.2. The van der Waals surface area contributed by atoms with Crippen LogP contribution in [0.4, 0.5) is 0 Å². The Labute approximate surface area is 193 Å². The molecule has 3 N–H and O–H groups in total. The molecule has 0 aliphatic rings. The number of nitrogens with one attached hydrogen (secondary N) is 3. The molecule has 0 bridgehead atoms. The molecule has 10 heteroatoms. The number of halogens is 2. The van der Waals surface area contributed by atoms with Gasteiger partial charge in [-0.05, 0) is 76.5 Å². The fraction of sp³-hybridized carbons (Fsp3) is 0.250. The average Bonchev–Trinajstić information content (AvgIpc) is 2.70. The first-order valence-corrected chi connectivity index (χ1v) is 10.5. The van der Waals surface area contributed by atoms with Gasteiger partial charge in [-0.15, -0.1) is 0 Å². The zero-order valence-electron chi connectivity index (χ0n) is 16.3. The van der Waals surface area contributed by atoms with Crippen LogP contribution >= 0.6 is 39.7 Å². The fourth-order valence-electron chi connectivity index (χ4n) is 2.07. The van der Waals surface area contributed by atoms with Crippen LogP contribution in [-0.4, -0.2) is 30.1 Å². The van der Waals surface area contributed by atoms with Crippen LogP contribution in [0.5, 0.6) is 11.5 Å². The second-order valence-corrected chi connectivity index (χ2v) is 8.25. The summed E-state index contributed by atoms with van der Waals surface area (Å²) in [5.74, 6) is 0.648. The minimum absolute atomic E-state index is 0.0545. The Hall–Kier alpha value is -2.36. The SMILES string of the molecule is CC(C)COc1ccc(C(=O)NC(=S)NNC(=O)COc2ccc(Cl)cc2Br)cc1. The van der Waals surface area contributed by atoms with Gasteiger partial charge < -0.3 is 9.47 Å². The minimum atomic E-state index is -0.486. The second-order valence-electron chi connectivity index (χ2n) is 6.55. The van der Waals surface area contributed by atoms with Crippen molar-refractivity contribution in [2.45, 2.75) is 13.8 Å². The van der Waals surface area contributed by atoms with Gasteiger partial charge in [0.05, 0.1) is 11.1 Å². The molecule has 7 nitrogen and oxygen atoms in total. The third kappa shape index (κ3) is 8.17. The lowest BCUT2D eigenvalue weighted by Gasteiger charge is -2.12. The first kappa shape index (κ1) is 23.9. The van der Waals surface area contributed by atoms with Gasteiger partial charge in [0.1, 0.15) is 11.5 Å². The van der Waals surface area contributed by atoms with Crippen molar-refractivity contribution in [2.75, 3.05) is 13.2 Å². The normalized spacial score (nSPS) is 10.3. The van der Waals surface area contributed by atoms with Crippen molar-refractivity contribution in [3.63, 3.8) is 0 Å². The van der Waals surface area contributed by atoms with Crippen molar-refractivity contribution in [2.24, 2.45) is 5.92 Å². The van der Waals surface area contributed by atoms with Crippen LogP contribution in [-0.2, 0) is 4.79 Å². The molecule has 0 aromatic heterocycles. The van der Waals surface area contributed by atoms with Crippen molar-refractivity contribution in [3.8, 4) is 11.5 Å². The van der Waals surface area contributed by atoms with Crippen LogP contribution in [0.15, 0.2) is 46.9 Å². The summed E-state index contributed by atoms with van der Waals surface area (Å²) < 4.78 is 11.6. The van der Waals surface area contributed by atoms with Crippen molar-refractivity contribution in [1.82, 2.24) is 16.2 Å². The Morgan fingerprint density at radius 3 is 2.43 bits per heavy atom. The van der Waals surface area contributed by atoms with Crippen molar-refractivity contribution in [3.05, 3.63) is 57.5 Å². The number of rotatable bonds is 7. The molecule has 2 amide bonds. The van der Waals surface area contributed by atoms with E-state index in [0.29, 0.717) is 39.1 Å². The number of hydrazine groups is 1. The van der Waals surface area contributed by atoms with Gasteiger partial charge in [-0.25, -0.2) is 0 Å². The highest BCUT2D eigenvalue weighted by molar-refractivity contribution is 9.10. The molecule has 0 unspecified atom stereocenters. The molecular formula is C20H21BrClN3O4S. The number of hydrogen-bond acceptors (Lipinski definition) is 5. The number of amides is 2. The summed E-state index contributed by atoms with van der Waals surface area (Å²) in [4.78, 5) is 24.1. The van der Waals surface area contributed by atoms with E-state index in [2.05, 4.69) is 45.9 Å². The summed E-state index contributed by atoms with van der Waals surface area (Å²) in [6.07, 6.45) is 0. The first-order valence-electron chi connectivity index (χ1n) is 8.95. The highest BCUT2D eigenvalue weighted by Crippen LogP contribution is 2.27. The van der Waals surface area contributed by atoms with Gasteiger partial charge in [0.15, 0.2) is 11.7 Å². The molecule has 160 valence electrons. The van der Waals surface area contributed by atoms with E-state index >= 15 is 0 Å². The molecule has 0 radical (unpaired) electrons. The van der Waals surface area contributed by atoms with Crippen LogP contribution in [0.3, 0.4) is 0 Å². The lowest BCUT2D eigenvalue weighted by molar-refractivity contribution is -0.123. The van der Waals surface area contributed by atoms with E-state index in [1.165, 1.54) is 0 Å². The topological polar surface area (TPSA) is 88.7 Å². The number of carbonyl (C=O) groups is 2. The maximum Gasteiger partial charge on any atom is 0.276 e. The van der Waals surface area contributed by atoms with E-state index in [1.54, 1.807) is 42.5 Å². The number of hydrogen-bond donors (Lipinski definition) is 3. The molecule has 2 rings (SSSR count). The average molecular weight is 515 g/mol. The number of ether oxygens (including phenoxy) is 2. The Morgan fingerprint density at radius 1 is 1.10 bits per heavy atom. The monoisotopic (exact) mass is 513 g/mol. The van der Waals surface area contributed by atoms with E-state index in [4.69, 9.17) is 33.3 Å². The van der Waals surface area contributed by atoms with Gasteiger partial charge in [-0.2, -0.15) is 0 Å². The third-order valence-corrected chi connectivity index (χ3v) is 4.55. The van der Waals surface area contributed by atoms with Gasteiger partial charge in [0, 0.05) is 10.6 Å². The molecule has 0 atom stereocenters. The predicted molar refractivity (Wildman–Crippen MR) is 123 cm³/mol. The van der Waals surface area contributed by atoms with Crippen molar-refractivity contribution >= 4 is 56.7 Å². The Kier molecular flexibility index (Phi) is 9.35. The zero-order chi connectivity index (χ0) is 22.1. The van der Waals surface area contributed by atoms with Gasteiger partial charge in [-0.3, -0.25) is 25.8 Å². The largest absolute Gasteiger partial charge is 0.493 e. The lowest BCUT2D eigenvalue weighted by Crippen LogP contribution is -2.49. The summed E-state index contributed by atoms with van der Waals surface area (Å²) in [6.45, 7) is 4.44. The van der Waals surface area contributed by atoms with Crippen LogP contribution in [0.2, 0.25) is 5.02 Å². The van der Waals surface area contributed by atoms with Crippen LogP contribution < -0.4 is 25.6 Å². The molecule has 0 heterocycles. The molecule has 2 aromatic rings. The van der Waals surface area contributed by atoms with Crippen molar-refractivity contribution in [1.29, 1.82) is 0 Å². The van der Waals surface area contributed by atoms with E-state index in [-0.39, 0.29) is 11.7 Å². The van der Waals surface area contributed by atoms with E-state index in [9.17, 15) is 9.59 Å². The highest BCUT2D eigenvalue weighted by Gasteiger charge is 2.10. The quantitative estimate of drug-likeness (QED) is 0.384. The molecule has 0 saturated heterocycles. The first-order chi connectivity index (χ1) is 14.2. The van der Waals surface area contributed by atoms with Crippen molar-refractivity contribution < 1.29 is 19.1 Å². The molecule has 0 aliphatic carbocycles. The second kappa shape index (κ2) is 11.7. The summed E-state index contributed by atoms with van der Waals surface area (Å²) in [7, 11) is 0. The third-order valence-electron chi connectivity index (χ3n) is 3.50. The molecular weight excluding hydrogens is 494 g/mol. The summed E-state index contributed by atoms with van der Waals surface area (Å²) >= 11 is 14.2. The number of benzene rings is 2. The lowest BCUT2D eigenvalue weighted by atomic mass is 10.2. The van der Waals surface area contributed by atoms with Gasteiger partial charge in [0.25, 0.3) is 11.8 Å². The summed E-state index contributed by atoms with van der Waals surface area (Å²) in [5.41, 5.74) is 5.20. The molecule has 30 heavy (non-hydrogen) atoms. The molecule has 0 saturated carbocycles. The Bertz CT molecular complexity index is 909. The number of thiocarbonyl (C=S) groups is 1. The van der Waals surface area contributed by atoms with E-state index in [1.807, 2.05) is 0 Å². The van der Waals surface area contributed by atoms with Crippen LogP contribution in [0.1, 0.15) is 24.2 Å². The Balaban J connectivity index is 1.74. The molecule has 0 spiro atoms. The number of carbonyl (C=O) groups excluding carboxylic acids is 2. The molecule has 0 fully saturated rings. The van der Waals surface area contributed by atoms with Crippen LogP contribution in [0.25, 0.3) is 0 Å². The van der Waals surface area contributed by atoms with Gasteiger partial charge in [-0.1, -0.05) is 25.4 Å². The minimum Gasteiger partial charge on any atom is -0.493 e. The smallest absolute Gasteiger partial charge is 0.276 e. The van der Waals surface area contributed by atoms with Gasteiger partial charge >= 0.3 is 0 Å².